The molecular weight excluding hydrogens is 119 g/mol. The first kappa shape index (κ1) is 8.16. The Balaban J connectivity index is 2.02. The van der Waals surface area contributed by atoms with Crippen molar-refractivity contribution in [2.45, 2.75) is 51.7 Å². The SMILES string of the molecule is C[B]CCC1CCCCC1. The maximum absolute atomic E-state index is 2.30. The van der Waals surface area contributed by atoms with Crippen LogP contribution < -0.4 is 0 Å². The maximum atomic E-state index is 2.30. The summed E-state index contributed by atoms with van der Waals surface area (Å²) in [6, 6.07) is 0. The molecule has 0 heterocycles. The van der Waals surface area contributed by atoms with E-state index in [0.717, 1.165) is 5.92 Å². The highest BCUT2D eigenvalue weighted by Gasteiger charge is 2.11. The van der Waals surface area contributed by atoms with Gasteiger partial charge >= 0.3 is 0 Å². The fourth-order valence-corrected chi connectivity index (χ4v) is 1.88. The molecule has 1 saturated carbocycles. The maximum Gasteiger partial charge on any atom is 0.105 e. The predicted molar refractivity (Wildman–Crippen MR) is 47.6 cm³/mol. The summed E-state index contributed by atoms with van der Waals surface area (Å²) in [5, 5.41) is 0. The topological polar surface area (TPSA) is 0 Å². The average molecular weight is 137 g/mol. The molecule has 0 N–H and O–H groups in total. The van der Waals surface area contributed by atoms with E-state index in [2.05, 4.69) is 14.1 Å². The van der Waals surface area contributed by atoms with Crippen LogP contribution in [0, 0.1) is 5.92 Å². The zero-order valence-electron chi connectivity index (χ0n) is 7.10. The van der Waals surface area contributed by atoms with Gasteiger partial charge in [0.1, 0.15) is 7.28 Å². The summed E-state index contributed by atoms with van der Waals surface area (Å²) in [6.07, 6.45) is 10.3. The Morgan fingerprint density at radius 3 is 2.50 bits per heavy atom. The van der Waals surface area contributed by atoms with Crippen LogP contribution in [0.4, 0.5) is 0 Å². The molecule has 0 bridgehead atoms. The molecule has 0 unspecified atom stereocenters. The largest absolute Gasteiger partial charge is 0.105 e. The van der Waals surface area contributed by atoms with Gasteiger partial charge in [-0.3, -0.25) is 0 Å². The van der Waals surface area contributed by atoms with E-state index in [9.17, 15) is 0 Å². The molecule has 57 valence electrons. The molecule has 0 atom stereocenters. The molecule has 1 aliphatic rings. The van der Waals surface area contributed by atoms with Gasteiger partial charge in [0.05, 0.1) is 0 Å². The third kappa shape index (κ3) is 2.77. The summed E-state index contributed by atoms with van der Waals surface area (Å²) in [7, 11) is 2.30. The van der Waals surface area contributed by atoms with Gasteiger partial charge in [0.2, 0.25) is 0 Å². The van der Waals surface area contributed by atoms with E-state index in [0.29, 0.717) is 0 Å². The summed E-state index contributed by atoms with van der Waals surface area (Å²) in [4.78, 5) is 0. The number of hydrogen-bond acceptors (Lipinski definition) is 0. The van der Waals surface area contributed by atoms with Gasteiger partial charge in [-0.05, 0) is 5.92 Å². The molecule has 1 heteroatoms. The first-order chi connectivity index (χ1) is 4.93. The monoisotopic (exact) mass is 137 g/mol. The van der Waals surface area contributed by atoms with Crippen LogP contribution in [0.1, 0.15) is 38.5 Å². The van der Waals surface area contributed by atoms with Gasteiger partial charge in [-0.25, -0.2) is 0 Å². The van der Waals surface area contributed by atoms with Crippen molar-refractivity contribution in [3.8, 4) is 0 Å². The average Bonchev–Trinajstić information content (AvgIpc) is 2.03. The van der Waals surface area contributed by atoms with Crippen molar-refractivity contribution in [2.75, 3.05) is 0 Å². The summed E-state index contributed by atoms with van der Waals surface area (Å²) in [5.41, 5.74) is 0. The molecule has 0 aromatic carbocycles. The van der Waals surface area contributed by atoms with E-state index < -0.39 is 0 Å². The van der Waals surface area contributed by atoms with E-state index in [1.807, 2.05) is 0 Å². The van der Waals surface area contributed by atoms with Crippen LogP contribution in [0.3, 0.4) is 0 Å². The molecule has 0 nitrogen and oxygen atoms in total. The second-order valence-electron chi connectivity index (χ2n) is 3.49. The summed E-state index contributed by atoms with van der Waals surface area (Å²) < 4.78 is 0. The van der Waals surface area contributed by atoms with E-state index in [-0.39, 0.29) is 0 Å². The predicted octanol–water partition coefficient (Wildman–Crippen LogP) is 3.13. The highest BCUT2D eigenvalue weighted by atomic mass is 14.2. The Labute approximate surface area is 65.6 Å². The van der Waals surface area contributed by atoms with Crippen LogP contribution in [-0.4, -0.2) is 7.28 Å². The van der Waals surface area contributed by atoms with E-state index in [1.54, 1.807) is 0 Å². The Kier molecular flexibility index (Phi) is 3.93. The van der Waals surface area contributed by atoms with Gasteiger partial charge in [-0.1, -0.05) is 51.7 Å². The first-order valence-electron chi connectivity index (χ1n) is 4.71. The first-order valence-corrected chi connectivity index (χ1v) is 4.71. The summed E-state index contributed by atoms with van der Waals surface area (Å²) >= 11 is 0. The van der Waals surface area contributed by atoms with Crippen LogP contribution in [0.2, 0.25) is 13.1 Å². The highest BCUT2D eigenvalue weighted by molar-refractivity contribution is 6.33. The van der Waals surface area contributed by atoms with Crippen LogP contribution in [0.5, 0.6) is 0 Å². The second-order valence-corrected chi connectivity index (χ2v) is 3.49. The number of hydrogen-bond donors (Lipinski definition) is 0. The van der Waals surface area contributed by atoms with Crippen LogP contribution in [0.25, 0.3) is 0 Å². The van der Waals surface area contributed by atoms with E-state index >= 15 is 0 Å². The van der Waals surface area contributed by atoms with Crippen molar-refractivity contribution in [3.63, 3.8) is 0 Å². The minimum atomic E-state index is 1.07. The van der Waals surface area contributed by atoms with E-state index in [1.165, 1.54) is 44.8 Å². The Bertz CT molecular complexity index is 74.8. The minimum Gasteiger partial charge on any atom is -0.0920 e. The smallest absolute Gasteiger partial charge is 0.0920 e. The Morgan fingerprint density at radius 2 is 1.90 bits per heavy atom. The molecule has 0 saturated heterocycles. The molecule has 0 spiro atoms. The Hall–Kier alpha value is 0.0649. The second kappa shape index (κ2) is 4.82. The van der Waals surface area contributed by atoms with Crippen LogP contribution in [0.15, 0.2) is 0 Å². The fourth-order valence-electron chi connectivity index (χ4n) is 1.88. The molecule has 0 aromatic heterocycles. The third-order valence-electron chi connectivity index (χ3n) is 2.59. The van der Waals surface area contributed by atoms with Gasteiger partial charge < -0.3 is 0 Å². The summed E-state index contributed by atoms with van der Waals surface area (Å²) in [5.74, 6) is 1.07. The van der Waals surface area contributed by atoms with Gasteiger partial charge in [0, 0.05) is 0 Å². The van der Waals surface area contributed by atoms with Crippen LogP contribution in [-0.2, 0) is 0 Å². The van der Waals surface area contributed by atoms with Gasteiger partial charge in [0.25, 0.3) is 0 Å². The molecule has 0 aliphatic heterocycles. The lowest BCUT2D eigenvalue weighted by molar-refractivity contribution is 0.349. The lowest BCUT2D eigenvalue weighted by atomic mass is 9.72. The van der Waals surface area contributed by atoms with Gasteiger partial charge in [0.15, 0.2) is 0 Å². The highest BCUT2D eigenvalue weighted by Crippen LogP contribution is 2.27. The van der Waals surface area contributed by atoms with Crippen molar-refractivity contribution >= 4 is 7.28 Å². The lowest BCUT2D eigenvalue weighted by Crippen LogP contribution is -2.06. The van der Waals surface area contributed by atoms with Gasteiger partial charge in [-0.15, -0.1) is 0 Å². The van der Waals surface area contributed by atoms with Crippen LogP contribution >= 0.6 is 0 Å². The lowest BCUT2D eigenvalue weighted by Gasteiger charge is -2.20. The molecule has 1 aliphatic carbocycles. The molecule has 10 heavy (non-hydrogen) atoms. The van der Waals surface area contributed by atoms with Crippen molar-refractivity contribution in [3.05, 3.63) is 0 Å². The molecule has 1 radical (unpaired) electrons. The summed E-state index contributed by atoms with van der Waals surface area (Å²) in [6.45, 7) is 2.17. The standard InChI is InChI=1S/C9H18B/c1-10-8-7-9-5-3-2-4-6-9/h9H,2-8H2,1H3. The quantitative estimate of drug-likeness (QED) is 0.524. The Morgan fingerprint density at radius 1 is 1.20 bits per heavy atom. The normalized spacial score (nSPS) is 20.9. The van der Waals surface area contributed by atoms with Crippen molar-refractivity contribution in [1.82, 2.24) is 0 Å². The minimum absolute atomic E-state index is 1.07. The fraction of sp³-hybridized carbons (Fsp3) is 1.00. The van der Waals surface area contributed by atoms with Crippen molar-refractivity contribution < 1.29 is 0 Å². The zero-order chi connectivity index (χ0) is 7.23. The molecule has 1 fully saturated rings. The third-order valence-corrected chi connectivity index (χ3v) is 2.59. The zero-order valence-corrected chi connectivity index (χ0v) is 7.10. The van der Waals surface area contributed by atoms with Crippen molar-refractivity contribution in [1.29, 1.82) is 0 Å². The molecule has 0 amide bonds. The van der Waals surface area contributed by atoms with E-state index in [4.69, 9.17) is 0 Å². The molecule has 0 aromatic rings. The number of rotatable bonds is 3. The molecular formula is C9H18B. The molecule has 1 rings (SSSR count). The van der Waals surface area contributed by atoms with Crippen molar-refractivity contribution in [2.24, 2.45) is 5.92 Å². The van der Waals surface area contributed by atoms with Gasteiger partial charge in [-0.2, -0.15) is 0 Å².